The lowest BCUT2D eigenvalue weighted by atomic mass is 10.2. The molecule has 0 radical (unpaired) electrons. The molecule has 21 heavy (non-hydrogen) atoms. The summed E-state index contributed by atoms with van der Waals surface area (Å²) in [6, 6.07) is 4.69. The number of amides is 1. The highest BCUT2D eigenvalue weighted by Gasteiger charge is 2.18. The monoisotopic (exact) mass is 288 g/mol. The highest BCUT2D eigenvalue weighted by atomic mass is 16.4. The highest BCUT2D eigenvalue weighted by molar-refractivity contribution is 5.92. The third-order valence-corrected chi connectivity index (χ3v) is 3.76. The Morgan fingerprint density at radius 2 is 2.00 bits per heavy atom. The van der Waals surface area contributed by atoms with Gasteiger partial charge in [0, 0.05) is 19.5 Å². The zero-order chi connectivity index (χ0) is 14.8. The Morgan fingerprint density at radius 1 is 1.24 bits per heavy atom. The van der Waals surface area contributed by atoms with Crippen LogP contribution in [0.4, 0.5) is 0 Å². The van der Waals surface area contributed by atoms with Gasteiger partial charge in [0.2, 0.25) is 5.91 Å². The van der Waals surface area contributed by atoms with Crippen LogP contribution in [0.25, 0.3) is 11.0 Å². The fraction of sp³-hybridized carbons (Fsp3) is 0.429. The molecule has 1 aromatic heterocycles. The molecule has 0 bridgehead atoms. The molecule has 0 saturated carbocycles. The fourth-order valence-corrected chi connectivity index (χ4v) is 2.60. The van der Waals surface area contributed by atoms with Gasteiger partial charge in [-0.3, -0.25) is 4.79 Å². The van der Waals surface area contributed by atoms with E-state index in [1.54, 1.807) is 10.7 Å². The van der Waals surface area contributed by atoms with Crippen molar-refractivity contribution < 1.29 is 14.7 Å². The zero-order valence-electron chi connectivity index (χ0n) is 11.5. The Morgan fingerprint density at radius 3 is 2.71 bits per heavy atom. The number of aryl methyl sites for hydroxylation is 1. The molecular formula is C14H16N4O3. The molecule has 110 valence electrons. The molecule has 1 aromatic carbocycles. The van der Waals surface area contributed by atoms with E-state index in [-0.39, 0.29) is 11.5 Å². The molecule has 1 aliphatic rings. The van der Waals surface area contributed by atoms with Crippen molar-refractivity contribution in [3.05, 3.63) is 23.8 Å². The first-order chi connectivity index (χ1) is 10.1. The molecule has 0 aliphatic carbocycles. The Hall–Kier alpha value is -2.44. The third-order valence-electron chi connectivity index (χ3n) is 3.76. The van der Waals surface area contributed by atoms with Crippen molar-refractivity contribution in [3.8, 4) is 0 Å². The van der Waals surface area contributed by atoms with Crippen LogP contribution < -0.4 is 0 Å². The molecule has 1 saturated heterocycles. The molecule has 1 aliphatic heterocycles. The standard InChI is InChI=1S/C14H16N4O3/c19-13(17-6-1-2-7-17)5-8-18-12-4-3-10(14(20)21)9-11(12)15-16-18/h3-4,9H,1-2,5-8H2,(H,20,21). The minimum Gasteiger partial charge on any atom is -0.478 e. The van der Waals surface area contributed by atoms with Gasteiger partial charge in [-0.05, 0) is 31.0 Å². The summed E-state index contributed by atoms with van der Waals surface area (Å²) in [6.45, 7) is 2.15. The summed E-state index contributed by atoms with van der Waals surface area (Å²) in [5.41, 5.74) is 1.46. The Bertz CT molecular complexity index is 689. The van der Waals surface area contributed by atoms with Gasteiger partial charge in [0.15, 0.2) is 0 Å². The Balaban J connectivity index is 1.72. The summed E-state index contributed by atoms with van der Waals surface area (Å²) in [5.74, 6) is -0.853. The summed E-state index contributed by atoms with van der Waals surface area (Å²) in [4.78, 5) is 24.8. The number of benzene rings is 1. The van der Waals surface area contributed by atoms with Crippen molar-refractivity contribution in [2.45, 2.75) is 25.8 Å². The van der Waals surface area contributed by atoms with Gasteiger partial charge in [-0.1, -0.05) is 5.21 Å². The number of carbonyl (C=O) groups is 2. The molecule has 0 unspecified atom stereocenters. The summed E-state index contributed by atoms with van der Waals surface area (Å²) in [6.07, 6.45) is 2.55. The van der Waals surface area contributed by atoms with E-state index in [0.29, 0.717) is 18.5 Å². The van der Waals surface area contributed by atoms with Gasteiger partial charge in [0.05, 0.1) is 17.6 Å². The van der Waals surface area contributed by atoms with Crippen molar-refractivity contribution in [2.75, 3.05) is 13.1 Å². The molecular weight excluding hydrogens is 272 g/mol. The third kappa shape index (κ3) is 2.72. The van der Waals surface area contributed by atoms with E-state index in [2.05, 4.69) is 10.3 Å². The van der Waals surface area contributed by atoms with Crippen molar-refractivity contribution in [3.63, 3.8) is 0 Å². The van der Waals surface area contributed by atoms with E-state index < -0.39 is 5.97 Å². The lowest BCUT2D eigenvalue weighted by Gasteiger charge is -2.14. The average molecular weight is 288 g/mol. The molecule has 7 nitrogen and oxygen atoms in total. The Kier molecular flexibility index (Phi) is 3.55. The maximum absolute atomic E-state index is 12.0. The van der Waals surface area contributed by atoms with E-state index in [1.807, 2.05) is 4.90 Å². The molecule has 7 heteroatoms. The van der Waals surface area contributed by atoms with Crippen LogP contribution in [-0.2, 0) is 11.3 Å². The molecule has 1 N–H and O–H groups in total. The number of hydrogen-bond acceptors (Lipinski definition) is 4. The van der Waals surface area contributed by atoms with Gasteiger partial charge in [-0.2, -0.15) is 0 Å². The minimum absolute atomic E-state index is 0.137. The van der Waals surface area contributed by atoms with Crippen LogP contribution in [0.1, 0.15) is 29.6 Å². The van der Waals surface area contributed by atoms with Crippen molar-refractivity contribution >= 4 is 22.9 Å². The second-order valence-corrected chi connectivity index (χ2v) is 5.16. The molecule has 1 amide bonds. The van der Waals surface area contributed by atoms with Crippen molar-refractivity contribution in [1.82, 2.24) is 19.9 Å². The zero-order valence-corrected chi connectivity index (χ0v) is 11.5. The number of aromatic carboxylic acids is 1. The van der Waals surface area contributed by atoms with Crippen LogP contribution in [0.5, 0.6) is 0 Å². The van der Waals surface area contributed by atoms with Crippen LogP contribution in [0.2, 0.25) is 0 Å². The van der Waals surface area contributed by atoms with Gasteiger partial charge in [-0.15, -0.1) is 5.10 Å². The molecule has 2 aromatic rings. The molecule has 0 spiro atoms. The van der Waals surface area contributed by atoms with Gasteiger partial charge in [0.25, 0.3) is 0 Å². The van der Waals surface area contributed by atoms with Crippen LogP contribution in [0.15, 0.2) is 18.2 Å². The number of hydrogen-bond donors (Lipinski definition) is 1. The number of carbonyl (C=O) groups excluding carboxylic acids is 1. The van der Waals surface area contributed by atoms with E-state index in [9.17, 15) is 9.59 Å². The van der Waals surface area contributed by atoms with Crippen LogP contribution in [0.3, 0.4) is 0 Å². The number of carboxylic acid groups (broad SMARTS) is 1. The van der Waals surface area contributed by atoms with Crippen LogP contribution >= 0.6 is 0 Å². The molecule has 2 heterocycles. The lowest BCUT2D eigenvalue weighted by molar-refractivity contribution is -0.130. The van der Waals surface area contributed by atoms with Gasteiger partial charge < -0.3 is 10.0 Å². The summed E-state index contributed by atoms with van der Waals surface area (Å²) < 4.78 is 1.65. The number of carboxylic acids is 1. The molecule has 1 fully saturated rings. The second-order valence-electron chi connectivity index (χ2n) is 5.16. The van der Waals surface area contributed by atoms with Crippen molar-refractivity contribution in [2.24, 2.45) is 0 Å². The maximum atomic E-state index is 12.0. The molecule has 0 atom stereocenters. The van der Waals surface area contributed by atoms with Crippen molar-refractivity contribution in [1.29, 1.82) is 0 Å². The Labute approximate surface area is 121 Å². The number of rotatable bonds is 4. The predicted molar refractivity (Wildman–Crippen MR) is 74.9 cm³/mol. The van der Waals surface area contributed by atoms with Gasteiger partial charge in [0.1, 0.15) is 5.52 Å². The van der Waals surface area contributed by atoms with Crippen LogP contribution in [-0.4, -0.2) is 50.0 Å². The van der Waals surface area contributed by atoms with E-state index >= 15 is 0 Å². The van der Waals surface area contributed by atoms with E-state index in [4.69, 9.17) is 5.11 Å². The quantitative estimate of drug-likeness (QED) is 0.911. The van der Waals surface area contributed by atoms with E-state index in [1.165, 1.54) is 12.1 Å². The first kappa shape index (κ1) is 13.5. The number of likely N-dealkylation sites (tertiary alicyclic amines) is 1. The number of nitrogens with zero attached hydrogens (tertiary/aromatic N) is 4. The molecule has 3 rings (SSSR count). The smallest absolute Gasteiger partial charge is 0.335 e. The first-order valence-corrected chi connectivity index (χ1v) is 6.99. The first-order valence-electron chi connectivity index (χ1n) is 6.99. The predicted octanol–water partition coefficient (Wildman–Crippen LogP) is 1.14. The normalized spacial score (nSPS) is 14.8. The highest BCUT2D eigenvalue weighted by Crippen LogP contribution is 2.15. The van der Waals surface area contributed by atoms with Gasteiger partial charge >= 0.3 is 5.97 Å². The van der Waals surface area contributed by atoms with Gasteiger partial charge in [-0.25, -0.2) is 9.48 Å². The van der Waals surface area contributed by atoms with Crippen LogP contribution in [0, 0.1) is 0 Å². The minimum atomic E-state index is -0.990. The largest absolute Gasteiger partial charge is 0.478 e. The number of aromatic nitrogens is 3. The second kappa shape index (κ2) is 5.51. The summed E-state index contributed by atoms with van der Waals surface area (Å²) in [5, 5.41) is 16.9. The van der Waals surface area contributed by atoms with E-state index in [0.717, 1.165) is 31.4 Å². The lowest BCUT2D eigenvalue weighted by Crippen LogP contribution is -2.28. The number of fused-ring (bicyclic) bond motifs is 1. The summed E-state index contributed by atoms with van der Waals surface area (Å²) >= 11 is 0. The topological polar surface area (TPSA) is 88.3 Å². The maximum Gasteiger partial charge on any atom is 0.335 e. The summed E-state index contributed by atoms with van der Waals surface area (Å²) in [7, 11) is 0. The SMILES string of the molecule is O=C(O)c1ccc2c(c1)nnn2CCC(=O)N1CCCC1. The average Bonchev–Trinajstić information content (AvgIpc) is 3.13. The fourth-order valence-electron chi connectivity index (χ4n) is 2.60.